The van der Waals surface area contributed by atoms with Crippen molar-refractivity contribution in [3.8, 4) is 0 Å². The number of benzene rings is 1. The lowest BCUT2D eigenvalue weighted by Gasteiger charge is -2.32. The molecule has 0 bridgehead atoms. The molecule has 2 aromatic heterocycles. The highest BCUT2D eigenvalue weighted by atomic mass is 32.2. The number of carbonyl (C=O) groups is 1. The predicted octanol–water partition coefficient (Wildman–Crippen LogP) is 2.42. The first-order valence-corrected chi connectivity index (χ1v) is 9.15. The molecule has 0 saturated carbocycles. The highest BCUT2D eigenvalue weighted by molar-refractivity contribution is 7.90. The maximum absolute atomic E-state index is 12.9. The average molecular weight is 356 g/mol. The smallest absolute Gasteiger partial charge is 0.269 e. The minimum atomic E-state index is -3.75. The van der Waals surface area contributed by atoms with Gasteiger partial charge in [0.1, 0.15) is 5.54 Å². The molecule has 8 heteroatoms. The summed E-state index contributed by atoms with van der Waals surface area (Å²) in [6.45, 7) is 3.52. The summed E-state index contributed by atoms with van der Waals surface area (Å²) in [6.07, 6.45) is 2.94. The van der Waals surface area contributed by atoms with E-state index in [1.54, 1.807) is 50.2 Å². The second-order valence-corrected chi connectivity index (χ2v) is 8.23. The second-order valence-electron chi connectivity index (χ2n) is 6.42. The fraction of sp³-hybridized carbons (Fsp3) is 0.176. The number of aromatic nitrogens is 2. The summed E-state index contributed by atoms with van der Waals surface area (Å²) in [7, 11) is -3.75. The first-order chi connectivity index (χ1) is 11.8. The molecule has 1 aliphatic rings. The minimum Gasteiger partial charge on any atom is -0.369 e. The highest BCUT2D eigenvalue weighted by Gasteiger charge is 2.34. The van der Waals surface area contributed by atoms with Crippen molar-refractivity contribution in [2.75, 3.05) is 10.6 Å². The summed E-state index contributed by atoms with van der Waals surface area (Å²) in [5.41, 5.74) is 0.701. The van der Waals surface area contributed by atoms with Crippen LogP contribution in [0.1, 0.15) is 13.8 Å². The molecule has 0 fully saturated rings. The zero-order chi connectivity index (χ0) is 17.8. The normalized spacial score (nSPS) is 16.2. The Morgan fingerprint density at radius 3 is 2.56 bits per heavy atom. The monoisotopic (exact) mass is 356 g/mol. The molecule has 0 atom stereocenters. The van der Waals surface area contributed by atoms with Gasteiger partial charge in [0.2, 0.25) is 5.91 Å². The molecular formula is C17H16N4O3S. The molecule has 3 aromatic rings. The summed E-state index contributed by atoms with van der Waals surface area (Å²) in [6, 6.07) is 9.88. The third kappa shape index (κ3) is 2.29. The van der Waals surface area contributed by atoms with Gasteiger partial charge < -0.3 is 10.6 Å². The molecule has 1 aromatic carbocycles. The Labute approximate surface area is 144 Å². The summed E-state index contributed by atoms with van der Waals surface area (Å²) in [5.74, 6) is -0.169. The predicted molar refractivity (Wildman–Crippen MR) is 95.1 cm³/mol. The van der Waals surface area contributed by atoms with Gasteiger partial charge in [-0.15, -0.1) is 0 Å². The molecule has 1 amide bonds. The third-order valence-corrected chi connectivity index (χ3v) is 5.91. The lowest BCUT2D eigenvalue weighted by atomic mass is 10.00. The molecule has 0 spiro atoms. The van der Waals surface area contributed by atoms with Gasteiger partial charge in [0.25, 0.3) is 10.0 Å². The average Bonchev–Trinajstić information content (AvgIpc) is 3.02. The van der Waals surface area contributed by atoms with E-state index in [0.717, 1.165) is 3.97 Å². The second kappa shape index (κ2) is 5.06. The van der Waals surface area contributed by atoms with Gasteiger partial charge in [-0.05, 0) is 32.0 Å². The molecule has 128 valence electrons. The van der Waals surface area contributed by atoms with Crippen LogP contribution in [0.25, 0.3) is 11.0 Å². The number of pyridine rings is 1. The van der Waals surface area contributed by atoms with Crippen LogP contribution < -0.4 is 10.6 Å². The zero-order valence-electron chi connectivity index (χ0n) is 13.6. The van der Waals surface area contributed by atoms with Crippen molar-refractivity contribution >= 4 is 38.3 Å². The van der Waals surface area contributed by atoms with Crippen molar-refractivity contribution < 1.29 is 13.2 Å². The summed E-state index contributed by atoms with van der Waals surface area (Å²) >= 11 is 0. The molecule has 0 aliphatic carbocycles. The van der Waals surface area contributed by atoms with Crippen LogP contribution >= 0.6 is 0 Å². The van der Waals surface area contributed by atoms with Gasteiger partial charge in [-0.1, -0.05) is 18.2 Å². The first-order valence-electron chi connectivity index (χ1n) is 7.71. The van der Waals surface area contributed by atoms with Gasteiger partial charge in [-0.25, -0.2) is 17.4 Å². The van der Waals surface area contributed by atoms with E-state index >= 15 is 0 Å². The molecule has 0 saturated heterocycles. The summed E-state index contributed by atoms with van der Waals surface area (Å²) < 4.78 is 26.9. The lowest BCUT2D eigenvalue weighted by Crippen LogP contribution is -2.47. The summed E-state index contributed by atoms with van der Waals surface area (Å²) in [4.78, 5) is 16.5. The van der Waals surface area contributed by atoms with Gasteiger partial charge in [0, 0.05) is 11.6 Å². The fourth-order valence-corrected chi connectivity index (χ4v) is 4.16. The highest BCUT2D eigenvalue weighted by Crippen LogP contribution is 2.37. The SMILES string of the molecule is CC1(C)Nc2c(cnc3c2ccn3S(=O)(=O)c2ccccc2)NC1=O. The number of carbonyl (C=O) groups excluding carboxylic acids is 1. The Balaban J connectivity index is 1.92. The molecule has 2 N–H and O–H groups in total. The van der Waals surface area contributed by atoms with Gasteiger partial charge in [0.15, 0.2) is 5.65 Å². The maximum Gasteiger partial charge on any atom is 0.269 e. The molecule has 4 rings (SSSR count). The van der Waals surface area contributed by atoms with Crippen LogP contribution in [0.4, 0.5) is 11.4 Å². The molecule has 3 heterocycles. The molecule has 0 radical (unpaired) electrons. The number of rotatable bonds is 2. The molecular weight excluding hydrogens is 340 g/mol. The fourth-order valence-electron chi connectivity index (χ4n) is 2.84. The van der Waals surface area contributed by atoms with E-state index < -0.39 is 15.6 Å². The van der Waals surface area contributed by atoms with Crippen molar-refractivity contribution in [1.29, 1.82) is 0 Å². The van der Waals surface area contributed by atoms with E-state index in [1.165, 1.54) is 12.4 Å². The Bertz CT molecular complexity index is 1100. The van der Waals surface area contributed by atoms with E-state index in [9.17, 15) is 13.2 Å². The first kappa shape index (κ1) is 15.6. The van der Waals surface area contributed by atoms with Crippen LogP contribution in [0.5, 0.6) is 0 Å². The molecule has 25 heavy (non-hydrogen) atoms. The third-order valence-electron chi connectivity index (χ3n) is 4.23. The van der Waals surface area contributed by atoms with E-state index in [-0.39, 0.29) is 10.8 Å². The standard InChI is InChI=1S/C17H16N4O3S/c1-17(2)16(22)19-13-10-18-15-12(14(13)20-17)8-9-21(15)25(23,24)11-6-4-3-5-7-11/h3-10,20H,1-2H3,(H,19,22). The van der Waals surface area contributed by atoms with Gasteiger partial charge in [0.05, 0.1) is 22.5 Å². The van der Waals surface area contributed by atoms with Crippen molar-refractivity contribution in [3.63, 3.8) is 0 Å². The lowest BCUT2D eigenvalue weighted by molar-refractivity contribution is -0.119. The maximum atomic E-state index is 12.9. The zero-order valence-corrected chi connectivity index (χ0v) is 14.5. The van der Waals surface area contributed by atoms with Gasteiger partial charge in [-0.2, -0.15) is 0 Å². The topological polar surface area (TPSA) is 93.1 Å². The van der Waals surface area contributed by atoms with Gasteiger partial charge in [-0.3, -0.25) is 4.79 Å². The number of hydrogen-bond acceptors (Lipinski definition) is 5. The molecule has 0 unspecified atom stereocenters. The number of nitrogens with zero attached hydrogens (tertiary/aromatic N) is 2. The van der Waals surface area contributed by atoms with E-state index in [1.807, 2.05) is 0 Å². The number of amides is 1. The van der Waals surface area contributed by atoms with Crippen LogP contribution in [-0.4, -0.2) is 28.8 Å². The quantitative estimate of drug-likeness (QED) is 0.735. The van der Waals surface area contributed by atoms with Crippen molar-refractivity contribution in [3.05, 3.63) is 48.8 Å². The Kier molecular flexibility index (Phi) is 3.17. The van der Waals surface area contributed by atoms with Crippen molar-refractivity contribution in [1.82, 2.24) is 8.96 Å². The van der Waals surface area contributed by atoms with Crippen LogP contribution in [0.3, 0.4) is 0 Å². The molecule has 7 nitrogen and oxygen atoms in total. The summed E-state index contributed by atoms with van der Waals surface area (Å²) in [5, 5.41) is 6.60. The van der Waals surface area contributed by atoms with Crippen molar-refractivity contribution in [2.24, 2.45) is 0 Å². The van der Waals surface area contributed by atoms with Crippen LogP contribution in [0.2, 0.25) is 0 Å². The number of fused-ring (bicyclic) bond motifs is 3. The van der Waals surface area contributed by atoms with Crippen LogP contribution in [0, 0.1) is 0 Å². The Morgan fingerprint density at radius 2 is 1.84 bits per heavy atom. The number of anilines is 2. The van der Waals surface area contributed by atoms with Crippen LogP contribution in [-0.2, 0) is 14.8 Å². The number of hydrogen-bond donors (Lipinski definition) is 2. The Hall–Kier alpha value is -2.87. The largest absolute Gasteiger partial charge is 0.369 e. The van der Waals surface area contributed by atoms with Crippen molar-refractivity contribution in [2.45, 2.75) is 24.3 Å². The molecule has 1 aliphatic heterocycles. The minimum absolute atomic E-state index is 0.169. The van der Waals surface area contributed by atoms with E-state index in [4.69, 9.17) is 0 Å². The van der Waals surface area contributed by atoms with Crippen LogP contribution in [0.15, 0.2) is 53.7 Å². The number of nitrogens with one attached hydrogen (secondary N) is 2. The van der Waals surface area contributed by atoms with E-state index in [0.29, 0.717) is 22.4 Å². The van der Waals surface area contributed by atoms with Gasteiger partial charge >= 0.3 is 0 Å². The Morgan fingerprint density at radius 1 is 1.12 bits per heavy atom. The van der Waals surface area contributed by atoms with E-state index in [2.05, 4.69) is 15.6 Å².